The van der Waals surface area contributed by atoms with E-state index in [9.17, 15) is 0 Å². The fourth-order valence-electron chi connectivity index (χ4n) is 12.3. The summed E-state index contributed by atoms with van der Waals surface area (Å²) < 4.78 is 10.8. The van der Waals surface area contributed by atoms with Gasteiger partial charge in [0.2, 0.25) is 0 Å². The molecule has 0 fully saturated rings. The normalized spacial score (nSPS) is 11.2. The number of aromatic nitrogens is 5. The molecule has 0 aliphatic carbocycles. The molecule has 0 aliphatic rings. The molecule has 7 heterocycles. The van der Waals surface area contributed by atoms with E-state index in [4.69, 9.17) is 9.40 Å². The number of rotatable bonds is 10. The Kier molecular flexibility index (Phi) is 30.4. The molecule has 0 N–H and O–H groups in total. The second-order valence-electron chi connectivity index (χ2n) is 28.6. The van der Waals surface area contributed by atoms with Crippen LogP contribution in [0.3, 0.4) is 0 Å². The number of fused-ring (bicyclic) bond motifs is 9. The maximum Gasteiger partial charge on any atom is 1.00 e. The molecule has 16 rings (SSSR count). The van der Waals surface area contributed by atoms with E-state index in [1.54, 1.807) is 6.92 Å². The second-order valence-corrected chi connectivity index (χ2v) is 49.9. The van der Waals surface area contributed by atoms with Crippen LogP contribution in [0.25, 0.3) is 126 Å². The molecule has 9 aromatic carbocycles. The molecule has 0 aliphatic heterocycles. The van der Waals surface area contributed by atoms with Crippen molar-refractivity contribution in [1.82, 2.24) is 24.5 Å². The number of thiophene rings is 1. The van der Waals surface area contributed by atoms with E-state index >= 15 is 0 Å². The zero-order valence-electron chi connectivity index (χ0n) is 61.3. The summed E-state index contributed by atoms with van der Waals surface area (Å²) in [4.78, 5) is 18.5. The number of para-hydroxylation sites is 3. The fraction of sp³-hybridized carbons (Fsp3) is 0.148. The summed E-state index contributed by atoms with van der Waals surface area (Å²) in [5.74, 6) is 0. The molecule has 530 valence electrons. The Labute approximate surface area is 699 Å². The minimum atomic E-state index is -1.46. The molecule has 0 saturated carbocycles. The summed E-state index contributed by atoms with van der Waals surface area (Å²) in [5, 5.41) is 13.0. The van der Waals surface area contributed by atoms with Crippen LogP contribution in [0.5, 0.6) is 0 Å². The molecule has 104 heavy (non-hydrogen) atoms. The van der Waals surface area contributed by atoms with Gasteiger partial charge in [-0.15, -0.1) is 107 Å². The Bertz CT molecular complexity index is 5510. The molecule has 4 radical (unpaired) electrons. The molecule has 0 amide bonds. The van der Waals surface area contributed by atoms with Gasteiger partial charge in [-0.1, -0.05) is 213 Å². The number of benzene rings is 9. The van der Waals surface area contributed by atoms with Crippen LogP contribution in [0.15, 0.2) is 254 Å². The van der Waals surface area contributed by atoms with Crippen molar-refractivity contribution >= 4 is 128 Å². The van der Waals surface area contributed by atoms with Crippen LogP contribution < -0.4 is 50.3 Å². The average Bonchev–Trinajstić information content (AvgIpc) is 1.58. The van der Waals surface area contributed by atoms with E-state index in [1.165, 1.54) is 68.4 Å². The van der Waals surface area contributed by atoms with Crippen LogP contribution in [0, 0.1) is 43.3 Å². The quantitative estimate of drug-likeness (QED) is 0.101. The summed E-state index contributed by atoms with van der Waals surface area (Å²) in [6, 6.07) is 98.0. The summed E-state index contributed by atoms with van der Waals surface area (Å²) in [6.45, 7) is 33.3. The van der Waals surface area contributed by atoms with Crippen molar-refractivity contribution in [2.45, 2.75) is 85.5 Å². The van der Waals surface area contributed by atoms with Crippen molar-refractivity contribution in [3.05, 3.63) is 293 Å². The van der Waals surface area contributed by atoms with Gasteiger partial charge in [0.15, 0.2) is 0 Å². The monoisotopic (exact) mass is 2160 g/mol. The molecule has 16 aromatic rings. The zero-order valence-corrected chi connectivity index (χ0v) is 77.7. The first kappa shape index (κ1) is 85.1. The van der Waals surface area contributed by atoms with Crippen molar-refractivity contribution in [1.29, 1.82) is 0 Å². The third kappa shape index (κ3) is 19.6. The third-order valence-corrected chi connectivity index (χ3v) is 26.8. The second kappa shape index (κ2) is 37.1. The van der Waals surface area contributed by atoms with E-state index in [-0.39, 0.29) is 110 Å². The number of pyridine rings is 4. The molecule has 7 aromatic heterocycles. The Morgan fingerprint density at radius 3 is 1.46 bits per heavy atom. The van der Waals surface area contributed by atoms with Crippen LogP contribution in [0.4, 0.5) is 0 Å². The molecule has 0 atom stereocenters. The number of furan rings is 1. The summed E-state index contributed by atoms with van der Waals surface area (Å²) in [5.41, 5.74) is 15.8. The van der Waals surface area contributed by atoms with E-state index < -0.39 is 32.3 Å². The van der Waals surface area contributed by atoms with Crippen molar-refractivity contribution in [2.24, 2.45) is 0 Å². The predicted octanol–water partition coefficient (Wildman–Crippen LogP) is 18.8. The minimum Gasteiger partial charge on any atom is -0.500 e. The number of hydrogen-bond acceptors (Lipinski definition) is 6. The van der Waals surface area contributed by atoms with Crippen molar-refractivity contribution < 1.29 is 114 Å². The molecule has 0 unspecified atom stereocenters. The first-order chi connectivity index (χ1) is 47.6. The van der Waals surface area contributed by atoms with E-state index in [0.29, 0.717) is 0 Å². The minimum absolute atomic E-state index is 0. The van der Waals surface area contributed by atoms with Crippen LogP contribution in [0.2, 0.25) is 78.6 Å². The van der Waals surface area contributed by atoms with Crippen molar-refractivity contribution in [2.75, 3.05) is 0 Å². The summed E-state index contributed by atoms with van der Waals surface area (Å²) >= 11 is 1.83. The largest absolute Gasteiger partial charge is 1.00 e. The smallest absolute Gasteiger partial charge is 0.500 e. The van der Waals surface area contributed by atoms with Crippen LogP contribution in [0.1, 0.15) is 6.92 Å². The van der Waals surface area contributed by atoms with Gasteiger partial charge in [0.05, 0.1) is 37.9 Å². The standard InChI is InChI=1S/C26H23N2Si.C20H18NOSi.C20H18NSSi.C20H18NSi.C2H5.4Ir.Na/c1-29(2,3)21-15-16-27-24(18-21)19-13-14-26-23(17-19)22-11-7-8-12-25(22)28(26)20-9-5-4-6-10-20;1-23(2,3)15-10-11-21-18(13-15)14-8-9-20-17(12-14)16-6-4-5-7-19(16)22-20;1-23(2,3)19-9-6-12-21-20(19)14-10-11-18-16(13-14)15-7-4-5-8-17(15)22-18;1-22(2,3)19-13-8-14-21-20(19)18-12-7-11-17(15-18)16-9-5-4-6-10-16;1-2;;;;;/h4-12,14-18H,1-3H3;4-7,9-13H,1-3H3;4-9,11-13H,1-3H3;4-9,13-15H,1-3H3;1H2,2H3;;;;;/q3*-1;-3;-1;;;;;+1. The number of nitrogens with zero attached hydrogens (tertiary/aromatic N) is 5. The Hall–Kier alpha value is -6.14. The molecular weight excluding hydrogens is 2080 g/mol. The summed E-state index contributed by atoms with van der Waals surface area (Å²) in [7, 11) is -5.65. The van der Waals surface area contributed by atoms with Gasteiger partial charge in [-0.05, 0) is 92.7 Å². The van der Waals surface area contributed by atoms with Gasteiger partial charge in [-0.25, -0.2) is 0 Å². The topological polar surface area (TPSA) is 69.6 Å². The van der Waals surface area contributed by atoms with Gasteiger partial charge in [0.1, 0.15) is 5.58 Å². The van der Waals surface area contributed by atoms with E-state index in [2.05, 4.69) is 305 Å². The molecule has 16 heteroatoms. The first-order valence-corrected chi connectivity index (χ1v) is 48.6. The van der Waals surface area contributed by atoms with Gasteiger partial charge in [0, 0.05) is 126 Å². The molecule has 0 saturated heterocycles. The SMILES string of the molecule is C[Si](C)(C)c1cccnc1-c1[c-]c[c-]c(-c2[c-]cccc2)c1.C[Si](C)(C)c1cccnc1-c1[c-]cc2sc3ccccc3c2c1.C[Si](C)(C)c1ccnc(-c2[c-]cc3c(c2)c2ccccc2n3-c2ccccc2)c1.C[Si](C)(C)c1ccnc(-c2[c-]cc3oc4ccccc4c3c2)c1.[CH2-]C.[Ir].[Ir].[Ir].[Ir].[Na+]. The summed E-state index contributed by atoms with van der Waals surface area (Å²) in [6.07, 6.45) is 7.60. The van der Waals surface area contributed by atoms with Gasteiger partial charge in [-0.2, -0.15) is 23.8 Å². The Morgan fingerprint density at radius 2 is 0.865 bits per heavy atom. The molecular formula is C88H82Ir4N5NaOSSi4-6. The van der Waals surface area contributed by atoms with Crippen molar-refractivity contribution in [3.63, 3.8) is 0 Å². The number of hydrogen-bond donors (Lipinski definition) is 0. The maximum absolute atomic E-state index is 5.88. The van der Waals surface area contributed by atoms with E-state index in [1.807, 2.05) is 96.8 Å². The first-order valence-electron chi connectivity index (χ1n) is 33.8. The Morgan fingerprint density at radius 1 is 0.356 bits per heavy atom. The fourth-order valence-corrected chi connectivity index (χ4v) is 18.7. The average molecular weight is 2160 g/mol. The predicted molar refractivity (Wildman–Crippen MR) is 435 cm³/mol. The van der Waals surface area contributed by atoms with Crippen LogP contribution >= 0.6 is 11.3 Å². The van der Waals surface area contributed by atoms with Crippen molar-refractivity contribution in [3.8, 4) is 61.8 Å². The molecule has 6 nitrogen and oxygen atoms in total. The Balaban J connectivity index is 0.000000190. The third-order valence-electron chi connectivity index (χ3n) is 17.5. The van der Waals surface area contributed by atoms with Crippen LogP contribution in [-0.2, 0) is 80.4 Å². The van der Waals surface area contributed by atoms with Gasteiger partial charge in [-0.3, -0.25) is 29.3 Å². The van der Waals surface area contributed by atoms with Gasteiger partial charge >= 0.3 is 29.6 Å². The molecule has 0 spiro atoms. The van der Waals surface area contributed by atoms with Gasteiger partial charge < -0.3 is 41.9 Å². The van der Waals surface area contributed by atoms with E-state index in [0.717, 1.165) is 78.1 Å². The van der Waals surface area contributed by atoms with Crippen LogP contribution in [-0.4, -0.2) is 56.8 Å². The maximum atomic E-state index is 5.88. The van der Waals surface area contributed by atoms with Gasteiger partial charge in [0.25, 0.3) is 0 Å². The zero-order chi connectivity index (χ0) is 69.6. The molecule has 0 bridgehead atoms.